The fourth-order valence-corrected chi connectivity index (χ4v) is 5.92. The lowest BCUT2D eigenvalue weighted by atomic mass is 10.1. The number of aromatic nitrogens is 6. The molecule has 0 fully saturated rings. The number of nitrogens with zero attached hydrogens (tertiary/aromatic N) is 6. The van der Waals surface area contributed by atoms with Crippen molar-refractivity contribution in [3.8, 4) is 22.5 Å². The third-order valence-electron chi connectivity index (χ3n) is 8.85. The standard InChI is InChI=1S/C26H26N6O2.C17H13ClN4O2/c1-32-25(34)23(30-24(33)20-10-6-3-7-11-20)22(19-12-14-28-15-13-19)31-26(32)29-17-21(27)16-18-8-4-2-5-9-18;1-22-16(24)14(20-15(23)12-5-3-2-4-6-12)13(21-17(22)18)11-7-9-19-10-8-11/h2-15,21H,16-17,27H2,1H3,(H,29,31)(H,30,33);2-10H,1H3,(H,20,23)/t21-;/m0./s1. The van der Waals surface area contributed by atoms with Crippen molar-refractivity contribution in [2.75, 3.05) is 22.5 Å². The lowest BCUT2D eigenvalue weighted by Crippen LogP contribution is -2.34. The number of benzene rings is 3. The maximum atomic E-state index is 13.3. The summed E-state index contributed by atoms with van der Waals surface area (Å²) < 4.78 is 2.55. The van der Waals surface area contributed by atoms with Crippen LogP contribution in [0.15, 0.2) is 150 Å². The van der Waals surface area contributed by atoms with Gasteiger partial charge in [0.2, 0.25) is 11.2 Å². The molecular weight excluding hydrogens is 756 g/mol. The molecule has 2 amide bonds. The molecule has 0 saturated heterocycles. The van der Waals surface area contributed by atoms with E-state index in [0.29, 0.717) is 52.6 Å². The molecule has 3 aromatic carbocycles. The molecule has 292 valence electrons. The van der Waals surface area contributed by atoms with Gasteiger partial charge < -0.3 is 21.7 Å². The zero-order chi connectivity index (χ0) is 41.0. The summed E-state index contributed by atoms with van der Waals surface area (Å²) in [4.78, 5) is 68.0. The Balaban J connectivity index is 0.000000208. The minimum Gasteiger partial charge on any atom is -0.354 e. The predicted molar refractivity (Wildman–Crippen MR) is 226 cm³/mol. The van der Waals surface area contributed by atoms with Gasteiger partial charge >= 0.3 is 0 Å². The molecule has 0 bridgehead atoms. The number of amides is 2. The molecule has 0 spiro atoms. The molecule has 0 unspecified atom stereocenters. The maximum absolute atomic E-state index is 13.3. The van der Waals surface area contributed by atoms with E-state index in [1.54, 1.807) is 105 Å². The largest absolute Gasteiger partial charge is 0.354 e. The molecule has 58 heavy (non-hydrogen) atoms. The quantitative estimate of drug-likeness (QED) is 0.116. The molecule has 4 aromatic heterocycles. The summed E-state index contributed by atoms with van der Waals surface area (Å²) in [6.45, 7) is 0.417. The highest BCUT2D eigenvalue weighted by molar-refractivity contribution is 6.28. The van der Waals surface area contributed by atoms with Crippen LogP contribution in [0.2, 0.25) is 5.28 Å². The number of halogens is 1. The first-order valence-electron chi connectivity index (χ1n) is 18.0. The van der Waals surface area contributed by atoms with Crippen LogP contribution in [0.4, 0.5) is 17.3 Å². The zero-order valence-corrected chi connectivity index (χ0v) is 32.3. The molecule has 0 aliphatic carbocycles. The molecule has 14 nitrogen and oxygen atoms in total. The molecule has 0 aliphatic heterocycles. The fraction of sp³-hybridized carbons (Fsp3) is 0.116. The highest BCUT2D eigenvalue weighted by Crippen LogP contribution is 2.26. The van der Waals surface area contributed by atoms with Gasteiger partial charge in [0.05, 0.1) is 0 Å². The van der Waals surface area contributed by atoms with E-state index in [4.69, 9.17) is 17.3 Å². The summed E-state index contributed by atoms with van der Waals surface area (Å²) in [6, 6.07) is 34.0. The third-order valence-corrected chi connectivity index (χ3v) is 9.18. The van der Waals surface area contributed by atoms with Crippen LogP contribution in [0.25, 0.3) is 22.5 Å². The molecule has 1 atom stereocenters. The first kappa shape index (κ1) is 40.4. The van der Waals surface area contributed by atoms with Gasteiger partial charge in [0.15, 0.2) is 0 Å². The van der Waals surface area contributed by atoms with Crippen molar-refractivity contribution in [3.05, 3.63) is 183 Å². The van der Waals surface area contributed by atoms with Gasteiger partial charge in [-0.2, -0.15) is 0 Å². The molecule has 0 saturated carbocycles. The number of rotatable bonds is 11. The topological polar surface area (TPSA) is 192 Å². The van der Waals surface area contributed by atoms with Crippen LogP contribution in [0.1, 0.15) is 26.3 Å². The zero-order valence-electron chi connectivity index (χ0n) is 31.5. The number of nitrogens with one attached hydrogen (secondary N) is 3. The van der Waals surface area contributed by atoms with E-state index < -0.39 is 11.5 Å². The normalized spacial score (nSPS) is 11.1. The molecule has 0 radical (unpaired) electrons. The smallest absolute Gasteiger partial charge is 0.279 e. The summed E-state index contributed by atoms with van der Waals surface area (Å²) in [7, 11) is 3.10. The minimum absolute atomic E-state index is 0.0320. The van der Waals surface area contributed by atoms with Crippen molar-refractivity contribution in [1.29, 1.82) is 0 Å². The van der Waals surface area contributed by atoms with Crippen LogP contribution in [-0.4, -0.2) is 53.5 Å². The van der Waals surface area contributed by atoms with Crippen LogP contribution in [0, 0.1) is 0 Å². The van der Waals surface area contributed by atoms with Crippen molar-refractivity contribution < 1.29 is 9.59 Å². The van der Waals surface area contributed by atoms with E-state index in [2.05, 4.69) is 35.9 Å². The molecule has 4 heterocycles. The average Bonchev–Trinajstić information content (AvgIpc) is 3.26. The lowest BCUT2D eigenvalue weighted by Gasteiger charge is -2.18. The second kappa shape index (κ2) is 19.0. The summed E-state index contributed by atoms with van der Waals surface area (Å²) >= 11 is 6.02. The molecule has 7 aromatic rings. The van der Waals surface area contributed by atoms with E-state index in [1.807, 2.05) is 42.5 Å². The van der Waals surface area contributed by atoms with Crippen molar-refractivity contribution >= 4 is 40.7 Å². The van der Waals surface area contributed by atoms with Gasteiger partial charge in [-0.3, -0.25) is 38.3 Å². The molecule has 15 heteroatoms. The number of hydrogen-bond acceptors (Lipinski definition) is 10. The van der Waals surface area contributed by atoms with Gasteiger partial charge in [-0.05, 0) is 72.1 Å². The Morgan fingerprint density at radius 2 is 1.07 bits per heavy atom. The molecule has 0 aliphatic rings. The maximum Gasteiger partial charge on any atom is 0.279 e. The Hall–Kier alpha value is -7.29. The van der Waals surface area contributed by atoms with E-state index in [1.165, 1.54) is 16.2 Å². The van der Waals surface area contributed by atoms with E-state index in [-0.39, 0.29) is 34.2 Å². The first-order valence-corrected chi connectivity index (χ1v) is 18.4. The van der Waals surface area contributed by atoms with Crippen molar-refractivity contribution in [3.63, 3.8) is 0 Å². The monoisotopic (exact) mass is 794 g/mol. The Kier molecular flexibility index (Phi) is 13.3. The fourth-order valence-electron chi connectivity index (χ4n) is 5.76. The Morgan fingerprint density at radius 3 is 1.55 bits per heavy atom. The van der Waals surface area contributed by atoms with Crippen molar-refractivity contribution in [2.24, 2.45) is 19.8 Å². The van der Waals surface area contributed by atoms with Gasteiger partial charge in [-0.25, -0.2) is 9.97 Å². The van der Waals surface area contributed by atoms with Crippen molar-refractivity contribution in [2.45, 2.75) is 12.5 Å². The number of nitrogens with two attached hydrogens (primary N) is 1. The highest BCUT2D eigenvalue weighted by atomic mass is 35.5. The van der Waals surface area contributed by atoms with Crippen LogP contribution in [-0.2, 0) is 20.5 Å². The summed E-state index contributed by atoms with van der Waals surface area (Å²) in [5.74, 6) is -0.425. The number of carbonyl (C=O) groups excluding carboxylic acids is 2. The number of hydrogen-bond donors (Lipinski definition) is 4. The van der Waals surface area contributed by atoms with Gasteiger partial charge in [0.1, 0.15) is 22.8 Å². The average molecular weight is 795 g/mol. The van der Waals surface area contributed by atoms with E-state index in [9.17, 15) is 19.2 Å². The minimum atomic E-state index is -0.439. The number of pyridine rings is 2. The van der Waals surface area contributed by atoms with Gasteiger partial charge in [0, 0.05) is 73.7 Å². The number of anilines is 3. The first-order chi connectivity index (χ1) is 28.1. The Morgan fingerprint density at radius 1 is 0.638 bits per heavy atom. The number of carbonyl (C=O) groups is 2. The Labute approximate surface area is 338 Å². The Bertz CT molecular complexity index is 2610. The predicted octanol–water partition coefficient (Wildman–Crippen LogP) is 5.82. The highest BCUT2D eigenvalue weighted by Gasteiger charge is 2.21. The summed E-state index contributed by atoms with van der Waals surface area (Å²) in [6.07, 6.45) is 7.06. The van der Waals surface area contributed by atoms with E-state index >= 15 is 0 Å². The second-order valence-corrected chi connectivity index (χ2v) is 13.3. The van der Waals surface area contributed by atoms with Crippen LogP contribution < -0.4 is 32.8 Å². The summed E-state index contributed by atoms with van der Waals surface area (Å²) in [5.41, 5.74) is 9.62. The molecule has 7 rings (SSSR count). The van der Waals surface area contributed by atoms with Gasteiger partial charge in [-0.1, -0.05) is 66.7 Å². The van der Waals surface area contributed by atoms with Gasteiger partial charge in [-0.15, -0.1) is 0 Å². The van der Waals surface area contributed by atoms with Crippen LogP contribution in [0.3, 0.4) is 0 Å². The SMILES string of the molecule is Cn1c(Cl)nc(-c2ccncc2)c(NC(=O)c2ccccc2)c1=O.Cn1c(NC[C@@H](N)Cc2ccccc2)nc(-c2ccncc2)c(NC(=O)c2ccccc2)c1=O. The lowest BCUT2D eigenvalue weighted by molar-refractivity contribution is 0.101. The third kappa shape index (κ3) is 9.92. The van der Waals surface area contributed by atoms with E-state index in [0.717, 1.165) is 5.56 Å². The molecule has 5 N–H and O–H groups in total. The van der Waals surface area contributed by atoms with Crippen LogP contribution in [0.5, 0.6) is 0 Å². The van der Waals surface area contributed by atoms with Crippen LogP contribution >= 0.6 is 11.6 Å². The summed E-state index contributed by atoms with van der Waals surface area (Å²) in [5, 5.41) is 8.63. The second-order valence-electron chi connectivity index (χ2n) is 12.9. The van der Waals surface area contributed by atoms with Gasteiger partial charge in [0.25, 0.3) is 22.9 Å². The molecular formula is C43H39ClN10O4. The van der Waals surface area contributed by atoms with Crippen molar-refractivity contribution in [1.82, 2.24) is 29.1 Å².